The molecule has 0 aliphatic rings. The summed E-state index contributed by atoms with van der Waals surface area (Å²) in [6.45, 7) is 0. The minimum Gasteiger partial charge on any atom is -0.262 e. The summed E-state index contributed by atoms with van der Waals surface area (Å²) in [5, 5.41) is 0. The summed E-state index contributed by atoms with van der Waals surface area (Å²) >= 11 is 1.68. The van der Waals surface area contributed by atoms with E-state index in [9.17, 15) is 4.39 Å². The third-order valence-electron chi connectivity index (χ3n) is 2.20. The molecular weight excluding hydrogens is 233 g/mol. The SMILES string of the molecule is CSc1ccc(C#Cc2ccncc2F)cc1. The van der Waals surface area contributed by atoms with E-state index in [1.54, 1.807) is 17.8 Å². The molecule has 0 saturated carbocycles. The van der Waals surface area contributed by atoms with Gasteiger partial charge in [-0.3, -0.25) is 4.98 Å². The molecule has 1 nitrogen and oxygen atoms in total. The molecule has 0 amide bonds. The molecule has 0 N–H and O–H groups in total. The number of hydrogen-bond acceptors (Lipinski definition) is 2. The monoisotopic (exact) mass is 243 g/mol. The number of aromatic nitrogens is 1. The summed E-state index contributed by atoms with van der Waals surface area (Å²) in [7, 11) is 0. The minimum atomic E-state index is -0.388. The summed E-state index contributed by atoms with van der Waals surface area (Å²) in [6.07, 6.45) is 4.72. The van der Waals surface area contributed by atoms with Crippen molar-refractivity contribution in [2.75, 3.05) is 6.26 Å². The number of rotatable bonds is 1. The normalized spacial score (nSPS) is 9.53. The molecule has 0 aliphatic heterocycles. The molecule has 1 aromatic heterocycles. The van der Waals surface area contributed by atoms with Crippen LogP contribution in [0.15, 0.2) is 47.6 Å². The van der Waals surface area contributed by atoms with Crippen molar-refractivity contribution in [3.63, 3.8) is 0 Å². The van der Waals surface area contributed by atoms with Gasteiger partial charge in [-0.1, -0.05) is 11.8 Å². The number of thioether (sulfide) groups is 1. The molecule has 0 bridgehead atoms. The summed E-state index contributed by atoms with van der Waals surface area (Å²) in [5.74, 6) is 5.33. The highest BCUT2D eigenvalue weighted by Gasteiger charge is 1.96. The molecule has 0 spiro atoms. The van der Waals surface area contributed by atoms with E-state index in [-0.39, 0.29) is 5.82 Å². The Hall–Kier alpha value is -1.79. The van der Waals surface area contributed by atoms with Crippen LogP contribution in [0.2, 0.25) is 0 Å². The minimum absolute atomic E-state index is 0.369. The first kappa shape index (κ1) is 11.7. The van der Waals surface area contributed by atoms with Gasteiger partial charge in [0, 0.05) is 16.7 Å². The Balaban J connectivity index is 2.24. The molecule has 0 atom stereocenters. The van der Waals surface area contributed by atoms with Crippen LogP contribution in [0.3, 0.4) is 0 Å². The van der Waals surface area contributed by atoms with Gasteiger partial charge in [0.2, 0.25) is 0 Å². The lowest BCUT2D eigenvalue weighted by Gasteiger charge is -1.95. The predicted molar refractivity (Wildman–Crippen MR) is 68.4 cm³/mol. The van der Waals surface area contributed by atoms with Gasteiger partial charge in [0.1, 0.15) is 0 Å². The van der Waals surface area contributed by atoms with Crippen LogP contribution in [0, 0.1) is 17.7 Å². The summed E-state index contributed by atoms with van der Waals surface area (Å²) in [6, 6.07) is 9.42. The number of benzene rings is 1. The van der Waals surface area contributed by atoms with Gasteiger partial charge >= 0.3 is 0 Å². The Morgan fingerprint density at radius 1 is 1.12 bits per heavy atom. The van der Waals surface area contributed by atoms with Crippen molar-refractivity contribution in [3.05, 3.63) is 59.7 Å². The van der Waals surface area contributed by atoms with Crippen LogP contribution >= 0.6 is 11.8 Å². The lowest BCUT2D eigenvalue weighted by atomic mass is 10.2. The average molecular weight is 243 g/mol. The third kappa shape index (κ3) is 3.08. The van der Waals surface area contributed by atoms with E-state index < -0.39 is 0 Å². The average Bonchev–Trinajstić information content (AvgIpc) is 2.38. The van der Waals surface area contributed by atoms with Crippen LogP contribution in [0.5, 0.6) is 0 Å². The van der Waals surface area contributed by atoms with Gasteiger partial charge in [-0.2, -0.15) is 0 Å². The van der Waals surface area contributed by atoms with Gasteiger partial charge in [-0.15, -0.1) is 11.8 Å². The quantitative estimate of drug-likeness (QED) is 0.563. The highest BCUT2D eigenvalue weighted by molar-refractivity contribution is 7.98. The van der Waals surface area contributed by atoms with Crippen molar-refractivity contribution in [1.82, 2.24) is 4.98 Å². The molecule has 1 aromatic carbocycles. The number of hydrogen-bond donors (Lipinski definition) is 0. The van der Waals surface area contributed by atoms with E-state index in [0.717, 1.165) is 5.56 Å². The zero-order valence-corrected chi connectivity index (χ0v) is 10.1. The lowest BCUT2D eigenvalue weighted by Crippen LogP contribution is -1.84. The van der Waals surface area contributed by atoms with Crippen molar-refractivity contribution >= 4 is 11.8 Å². The van der Waals surface area contributed by atoms with Crippen molar-refractivity contribution in [2.45, 2.75) is 4.90 Å². The number of halogens is 1. The molecule has 1 heterocycles. The lowest BCUT2D eigenvalue weighted by molar-refractivity contribution is 0.618. The van der Waals surface area contributed by atoms with Gasteiger partial charge in [0.05, 0.1) is 11.8 Å². The van der Waals surface area contributed by atoms with E-state index >= 15 is 0 Å². The maximum absolute atomic E-state index is 13.2. The second-order valence-electron chi connectivity index (χ2n) is 3.33. The Morgan fingerprint density at radius 2 is 1.88 bits per heavy atom. The first-order valence-electron chi connectivity index (χ1n) is 5.05. The van der Waals surface area contributed by atoms with Crippen molar-refractivity contribution in [3.8, 4) is 11.8 Å². The van der Waals surface area contributed by atoms with Crippen LogP contribution in [0.25, 0.3) is 0 Å². The van der Waals surface area contributed by atoms with E-state index in [4.69, 9.17) is 0 Å². The van der Waals surface area contributed by atoms with E-state index in [0.29, 0.717) is 5.56 Å². The number of nitrogens with zero attached hydrogens (tertiary/aromatic N) is 1. The fraction of sp³-hybridized carbons (Fsp3) is 0.0714. The zero-order valence-electron chi connectivity index (χ0n) is 9.27. The fourth-order valence-corrected chi connectivity index (χ4v) is 1.70. The van der Waals surface area contributed by atoms with E-state index in [1.165, 1.54) is 17.3 Å². The smallest absolute Gasteiger partial charge is 0.157 e. The standard InChI is InChI=1S/C14H10FNS/c1-17-13-6-3-11(4-7-13)2-5-12-8-9-16-10-14(12)15/h3-4,6-10H,1H3. The second kappa shape index (κ2) is 5.51. The second-order valence-corrected chi connectivity index (χ2v) is 4.21. The molecule has 0 saturated heterocycles. The molecule has 84 valence electrons. The topological polar surface area (TPSA) is 12.9 Å². The molecule has 3 heteroatoms. The Morgan fingerprint density at radius 3 is 2.53 bits per heavy atom. The molecule has 0 fully saturated rings. The van der Waals surface area contributed by atoms with Crippen LogP contribution < -0.4 is 0 Å². The summed E-state index contributed by atoms with van der Waals surface area (Å²) < 4.78 is 13.2. The van der Waals surface area contributed by atoms with Crippen molar-refractivity contribution in [2.24, 2.45) is 0 Å². The van der Waals surface area contributed by atoms with Crippen LogP contribution in [0.1, 0.15) is 11.1 Å². The summed E-state index contributed by atoms with van der Waals surface area (Å²) in [5.41, 5.74) is 1.24. The van der Waals surface area contributed by atoms with E-state index in [1.807, 2.05) is 30.5 Å². The van der Waals surface area contributed by atoms with Crippen molar-refractivity contribution < 1.29 is 4.39 Å². The third-order valence-corrected chi connectivity index (χ3v) is 2.95. The van der Waals surface area contributed by atoms with Crippen LogP contribution in [-0.4, -0.2) is 11.2 Å². The molecule has 2 aromatic rings. The first-order valence-corrected chi connectivity index (χ1v) is 6.27. The zero-order chi connectivity index (χ0) is 12.1. The van der Waals surface area contributed by atoms with Crippen molar-refractivity contribution in [1.29, 1.82) is 0 Å². The fourth-order valence-electron chi connectivity index (χ4n) is 1.29. The van der Waals surface area contributed by atoms with Crippen LogP contribution in [0.4, 0.5) is 4.39 Å². The Labute approximate surface area is 104 Å². The van der Waals surface area contributed by atoms with Crippen LogP contribution in [-0.2, 0) is 0 Å². The summed E-state index contributed by atoms with van der Waals surface area (Å²) in [4.78, 5) is 4.86. The first-order chi connectivity index (χ1) is 8.29. The Bertz CT molecular complexity index is 567. The number of pyridine rings is 1. The molecule has 0 aliphatic carbocycles. The van der Waals surface area contributed by atoms with Gasteiger partial charge in [0.15, 0.2) is 5.82 Å². The van der Waals surface area contributed by atoms with Gasteiger partial charge in [-0.25, -0.2) is 4.39 Å². The maximum Gasteiger partial charge on any atom is 0.157 e. The van der Waals surface area contributed by atoms with E-state index in [2.05, 4.69) is 16.8 Å². The molecule has 0 unspecified atom stereocenters. The van der Waals surface area contributed by atoms with Gasteiger partial charge in [0.25, 0.3) is 0 Å². The highest BCUT2D eigenvalue weighted by Crippen LogP contribution is 2.14. The molecule has 2 rings (SSSR count). The highest BCUT2D eigenvalue weighted by atomic mass is 32.2. The van der Waals surface area contributed by atoms with Gasteiger partial charge < -0.3 is 0 Å². The molecule has 0 radical (unpaired) electrons. The Kier molecular flexibility index (Phi) is 3.79. The van der Waals surface area contributed by atoms with Gasteiger partial charge in [-0.05, 0) is 36.6 Å². The predicted octanol–water partition coefficient (Wildman–Crippen LogP) is 3.34. The maximum atomic E-state index is 13.2. The largest absolute Gasteiger partial charge is 0.262 e. The molecular formula is C14H10FNS. The molecule has 17 heavy (non-hydrogen) atoms.